The number of nitrogens with one attached hydrogen (secondary N) is 1. The van der Waals surface area contributed by atoms with Gasteiger partial charge in [0, 0.05) is 36.7 Å². The minimum Gasteiger partial charge on any atom is -0.379 e. The van der Waals surface area contributed by atoms with Crippen LogP contribution in [0.1, 0.15) is 25.5 Å². The molecule has 2 aromatic heterocycles. The molecule has 0 aliphatic rings. The van der Waals surface area contributed by atoms with E-state index in [1.807, 2.05) is 33.8 Å². The second-order valence-corrected chi connectivity index (χ2v) is 5.26. The van der Waals surface area contributed by atoms with Crippen molar-refractivity contribution >= 4 is 5.69 Å². The SMILES string of the molecule is CC(C)n1cc(CNc2ccccc2-n2ccnc2)cn1. The van der Waals surface area contributed by atoms with Gasteiger partial charge in [0.25, 0.3) is 0 Å². The lowest BCUT2D eigenvalue weighted by molar-refractivity contribution is 0.532. The number of hydrogen-bond acceptors (Lipinski definition) is 3. The van der Waals surface area contributed by atoms with Crippen molar-refractivity contribution in [3.8, 4) is 5.69 Å². The number of para-hydroxylation sites is 2. The molecule has 0 saturated heterocycles. The first-order valence-electron chi connectivity index (χ1n) is 7.08. The first-order chi connectivity index (χ1) is 10.2. The van der Waals surface area contributed by atoms with Crippen LogP contribution in [-0.4, -0.2) is 19.3 Å². The summed E-state index contributed by atoms with van der Waals surface area (Å²) in [6.07, 6.45) is 9.52. The fourth-order valence-electron chi connectivity index (χ4n) is 2.20. The van der Waals surface area contributed by atoms with Gasteiger partial charge in [-0.15, -0.1) is 0 Å². The largest absolute Gasteiger partial charge is 0.379 e. The molecule has 5 nitrogen and oxygen atoms in total. The summed E-state index contributed by atoms with van der Waals surface area (Å²) in [5.41, 5.74) is 3.34. The van der Waals surface area contributed by atoms with Gasteiger partial charge in [0.15, 0.2) is 0 Å². The Balaban J connectivity index is 1.76. The Kier molecular flexibility index (Phi) is 3.73. The van der Waals surface area contributed by atoms with Gasteiger partial charge in [-0.2, -0.15) is 5.10 Å². The van der Waals surface area contributed by atoms with Gasteiger partial charge in [0.1, 0.15) is 0 Å². The maximum Gasteiger partial charge on any atom is 0.0992 e. The number of imidazole rings is 1. The first kappa shape index (κ1) is 13.4. The van der Waals surface area contributed by atoms with E-state index < -0.39 is 0 Å². The molecule has 1 aromatic carbocycles. The van der Waals surface area contributed by atoms with Crippen LogP contribution >= 0.6 is 0 Å². The Morgan fingerprint density at radius 2 is 2.10 bits per heavy atom. The zero-order chi connectivity index (χ0) is 14.7. The lowest BCUT2D eigenvalue weighted by Crippen LogP contribution is -2.03. The molecule has 0 unspecified atom stereocenters. The van der Waals surface area contributed by atoms with Crippen molar-refractivity contribution in [3.05, 3.63) is 60.9 Å². The first-order valence-corrected chi connectivity index (χ1v) is 7.08. The average Bonchev–Trinajstić information content (AvgIpc) is 3.17. The van der Waals surface area contributed by atoms with Crippen molar-refractivity contribution in [1.82, 2.24) is 19.3 Å². The van der Waals surface area contributed by atoms with E-state index in [9.17, 15) is 0 Å². The number of hydrogen-bond donors (Lipinski definition) is 1. The lowest BCUT2D eigenvalue weighted by atomic mass is 10.2. The Morgan fingerprint density at radius 1 is 1.24 bits per heavy atom. The third-order valence-electron chi connectivity index (χ3n) is 3.35. The topological polar surface area (TPSA) is 47.7 Å². The number of nitrogens with zero attached hydrogens (tertiary/aromatic N) is 4. The van der Waals surface area contributed by atoms with E-state index >= 15 is 0 Å². The molecule has 0 bridgehead atoms. The number of aromatic nitrogens is 4. The molecule has 0 saturated carbocycles. The molecule has 2 heterocycles. The standard InChI is InChI=1S/C16H19N5/c1-13(2)21-11-14(10-19-21)9-18-15-5-3-4-6-16(15)20-8-7-17-12-20/h3-8,10-13,18H,9H2,1-2H3. The van der Waals surface area contributed by atoms with Gasteiger partial charge >= 0.3 is 0 Å². The highest BCUT2D eigenvalue weighted by Crippen LogP contribution is 2.20. The highest BCUT2D eigenvalue weighted by molar-refractivity contribution is 5.61. The molecule has 21 heavy (non-hydrogen) atoms. The Hall–Kier alpha value is -2.56. The van der Waals surface area contributed by atoms with E-state index in [4.69, 9.17) is 0 Å². The second kappa shape index (κ2) is 5.83. The molecule has 3 aromatic rings. The van der Waals surface area contributed by atoms with Gasteiger partial charge in [-0.3, -0.25) is 4.68 Å². The highest BCUT2D eigenvalue weighted by Gasteiger charge is 2.05. The van der Waals surface area contributed by atoms with Gasteiger partial charge in [0.2, 0.25) is 0 Å². The molecule has 0 aliphatic heterocycles. The second-order valence-electron chi connectivity index (χ2n) is 5.26. The number of benzene rings is 1. The summed E-state index contributed by atoms with van der Waals surface area (Å²) in [5, 5.41) is 7.83. The Bertz CT molecular complexity index is 697. The molecule has 0 aliphatic carbocycles. The maximum absolute atomic E-state index is 4.36. The van der Waals surface area contributed by atoms with Crippen LogP contribution in [0.2, 0.25) is 0 Å². The smallest absolute Gasteiger partial charge is 0.0992 e. The predicted octanol–water partition coefficient (Wildman–Crippen LogP) is 3.26. The van der Waals surface area contributed by atoms with E-state index in [0.29, 0.717) is 6.04 Å². The van der Waals surface area contributed by atoms with E-state index in [0.717, 1.165) is 17.9 Å². The molecule has 108 valence electrons. The minimum absolute atomic E-state index is 0.386. The van der Waals surface area contributed by atoms with Gasteiger partial charge in [-0.05, 0) is 26.0 Å². The van der Waals surface area contributed by atoms with Crippen LogP contribution in [0, 0.1) is 0 Å². The van der Waals surface area contributed by atoms with E-state index in [-0.39, 0.29) is 0 Å². The fraction of sp³-hybridized carbons (Fsp3) is 0.250. The van der Waals surface area contributed by atoms with Gasteiger partial charge in [0.05, 0.1) is 23.9 Å². The molecule has 3 rings (SSSR count). The quantitative estimate of drug-likeness (QED) is 0.781. The number of rotatable bonds is 5. The van der Waals surface area contributed by atoms with E-state index in [2.05, 4.69) is 47.6 Å². The third kappa shape index (κ3) is 2.97. The van der Waals surface area contributed by atoms with Crippen molar-refractivity contribution < 1.29 is 0 Å². The number of anilines is 1. The third-order valence-corrected chi connectivity index (χ3v) is 3.35. The molecular weight excluding hydrogens is 262 g/mol. The average molecular weight is 281 g/mol. The summed E-state index contributed by atoms with van der Waals surface area (Å²) in [6, 6.07) is 8.58. The van der Waals surface area contributed by atoms with E-state index in [1.165, 1.54) is 5.56 Å². The Labute approximate surface area is 124 Å². The van der Waals surface area contributed by atoms with Crippen LogP contribution in [0.3, 0.4) is 0 Å². The van der Waals surface area contributed by atoms with Crippen molar-refractivity contribution in [3.63, 3.8) is 0 Å². The molecule has 0 atom stereocenters. The summed E-state index contributed by atoms with van der Waals surface area (Å²) in [4.78, 5) is 4.10. The van der Waals surface area contributed by atoms with Crippen molar-refractivity contribution in [2.45, 2.75) is 26.4 Å². The highest BCUT2D eigenvalue weighted by atomic mass is 15.3. The summed E-state index contributed by atoms with van der Waals surface area (Å²) in [6.45, 7) is 5.00. The van der Waals surface area contributed by atoms with Gasteiger partial charge in [-0.25, -0.2) is 4.98 Å². The molecule has 0 spiro atoms. The molecule has 1 N–H and O–H groups in total. The zero-order valence-corrected chi connectivity index (χ0v) is 12.3. The molecule has 0 radical (unpaired) electrons. The summed E-state index contributed by atoms with van der Waals surface area (Å²) >= 11 is 0. The van der Waals surface area contributed by atoms with Crippen molar-refractivity contribution in [1.29, 1.82) is 0 Å². The van der Waals surface area contributed by atoms with E-state index in [1.54, 1.807) is 12.5 Å². The normalized spacial score (nSPS) is 11.0. The maximum atomic E-state index is 4.36. The van der Waals surface area contributed by atoms with Crippen LogP contribution in [0.5, 0.6) is 0 Å². The van der Waals surface area contributed by atoms with Gasteiger partial charge in [-0.1, -0.05) is 12.1 Å². The fourth-order valence-corrected chi connectivity index (χ4v) is 2.20. The monoisotopic (exact) mass is 281 g/mol. The summed E-state index contributed by atoms with van der Waals surface area (Å²) in [7, 11) is 0. The molecular formula is C16H19N5. The van der Waals surface area contributed by atoms with Crippen LogP contribution in [0.4, 0.5) is 5.69 Å². The summed E-state index contributed by atoms with van der Waals surface area (Å²) in [5.74, 6) is 0. The zero-order valence-electron chi connectivity index (χ0n) is 12.3. The molecule has 0 amide bonds. The summed E-state index contributed by atoms with van der Waals surface area (Å²) < 4.78 is 3.97. The predicted molar refractivity (Wildman–Crippen MR) is 83.5 cm³/mol. The van der Waals surface area contributed by atoms with Crippen LogP contribution < -0.4 is 5.32 Å². The molecule has 5 heteroatoms. The molecule has 0 fully saturated rings. The van der Waals surface area contributed by atoms with Crippen LogP contribution in [0.15, 0.2) is 55.4 Å². The van der Waals surface area contributed by atoms with Gasteiger partial charge < -0.3 is 9.88 Å². The van der Waals surface area contributed by atoms with Crippen LogP contribution in [-0.2, 0) is 6.54 Å². The lowest BCUT2D eigenvalue weighted by Gasteiger charge is -2.11. The van der Waals surface area contributed by atoms with Crippen molar-refractivity contribution in [2.24, 2.45) is 0 Å². The van der Waals surface area contributed by atoms with Crippen LogP contribution in [0.25, 0.3) is 5.69 Å². The Morgan fingerprint density at radius 3 is 2.81 bits per heavy atom. The minimum atomic E-state index is 0.386. The van der Waals surface area contributed by atoms with Crippen molar-refractivity contribution in [2.75, 3.05) is 5.32 Å².